The van der Waals surface area contributed by atoms with Gasteiger partial charge in [0.1, 0.15) is 0 Å². The standard InChI is InChI=1S/C7H5IO4.C7H5IO2/c9-7-5-3-1-2-4-6(5)8(10,11)12-7;8-6-4-2-1-3-5(6)7(9)10/h1-4H,(H,10,11);1-4H,(H,9,10). The number of rotatable bonds is 1. The molecule has 0 amide bonds. The second kappa shape index (κ2) is 6.79. The first-order valence-corrected chi connectivity index (χ1v) is 10.7. The van der Waals surface area contributed by atoms with Crippen LogP contribution in [0.4, 0.5) is 0 Å². The van der Waals surface area contributed by atoms with E-state index < -0.39 is 31.2 Å². The molecule has 0 bridgehead atoms. The molecule has 0 aliphatic carbocycles. The van der Waals surface area contributed by atoms with E-state index in [1.54, 1.807) is 30.3 Å². The number of fused-ring (bicyclic) bond motifs is 1. The van der Waals surface area contributed by atoms with Crippen LogP contribution in [-0.2, 0) is 6.14 Å². The van der Waals surface area contributed by atoms with Gasteiger partial charge in [0.2, 0.25) is 0 Å². The Morgan fingerprint density at radius 3 is 2.23 bits per heavy atom. The molecule has 2 aromatic rings. The molecular formula is C14H10I2O6. The number of carbonyl (C=O) groups excluding carboxylic acids is 1. The molecule has 1 heterocycles. The van der Waals surface area contributed by atoms with Crippen molar-refractivity contribution < 1.29 is 24.3 Å². The average Bonchev–Trinajstić information content (AvgIpc) is 2.70. The van der Waals surface area contributed by atoms with Gasteiger partial charge < -0.3 is 5.11 Å². The summed E-state index contributed by atoms with van der Waals surface area (Å²) in [6, 6.07) is 13.0. The summed E-state index contributed by atoms with van der Waals surface area (Å²) in [5.41, 5.74) is 0.578. The number of halogens is 2. The summed E-state index contributed by atoms with van der Waals surface area (Å²) in [6.45, 7) is 0. The van der Waals surface area contributed by atoms with Crippen LogP contribution < -0.4 is 0 Å². The number of carboxylic acids is 1. The van der Waals surface area contributed by atoms with Crippen LogP contribution in [0.5, 0.6) is 0 Å². The van der Waals surface area contributed by atoms with Gasteiger partial charge in [-0.05, 0) is 34.7 Å². The summed E-state index contributed by atoms with van der Waals surface area (Å²) >= 11 is -2.55. The van der Waals surface area contributed by atoms with Crippen LogP contribution in [0.15, 0.2) is 48.5 Å². The normalized spacial score (nSPS) is 21.6. The Balaban J connectivity index is 0.000000164. The quantitative estimate of drug-likeness (QED) is 0.552. The van der Waals surface area contributed by atoms with Gasteiger partial charge in [-0.1, -0.05) is 12.1 Å². The molecule has 1 aliphatic heterocycles. The molecule has 1 atom stereocenters. The molecular weight excluding hydrogens is 518 g/mol. The molecule has 6 nitrogen and oxygen atoms in total. The maximum atomic E-state index is 11.2. The molecule has 0 spiro atoms. The van der Waals surface area contributed by atoms with E-state index in [9.17, 15) is 16.1 Å². The van der Waals surface area contributed by atoms with Crippen molar-refractivity contribution in [3.8, 4) is 0 Å². The van der Waals surface area contributed by atoms with Gasteiger partial charge in [0, 0.05) is 3.57 Å². The van der Waals surface area contributed by atoms with Gasteiger partial charge in [-0.2, -0.15) is 0 Å². The fraction of sp³-hybridized carbons (Fsp3) is 0. The first kappa shape index (κ1) is 17.0. The van der Waals surface area contributed by atoms with Crippen LogP contribution in [0.25, 0.3) is 0 Å². The molecule has 0 saturated carbocycles. The van der Waals surface area contributed by atoms with Crippen LogP contribution in [-0.4, -0.2) is 20.5 Å². The predicted octanol–water partition coefficient (Wildman–Crippen LogP) is 3.23. The van der Waals surface area contributed by atoms with Crippen molar-refractivity contribution in [2.24, 2.45) is 0 Å². The van der Waals surface area contributed by atoms with Crippen molar-refractivity contribution in [1.82, 2.24) is 0 Å². The van der Waals surface area contributed by atoms with E-state index >= 15 is 0 Å². The van der Waals surface area contributed by atoms with Gasteiger partial charge in [-0.3, -0.25) is 0 Å². The molecule has 0 radical (unpaired) electrons. The minimum absolute atomic E-state index is 0.161. The molecule has 1 aliphatic rings. The molecule has 0 aromatic heterocycles. The van der Waals surface area contributed by atoms with Crippen LogP contribution in [0, 0.1) is 7.14 Å². The number of benzene rings is 2. The molecule has 3 rings (SSSR count). The molecule has 0 fully saturated rings. The van der Waals surface area contributed by atoms with Crippen molar-refractivity contribution in [3.63, 3.8) is 0 Å². The van der Waals surface area contributed by atoms with Crippen LogP contribution >= 0.6 is 41.8 Å². The Labute approximate surface area is 144 Å². The van der Waals surface area contributed by atoms with Crippen molar-refractivity contribution in [2.75, 3.05) is 0 Å². The number of hydrogen-bond donors (Lipinski definition) is 2. The first-order valence-electron chi connectivity index (χ1n) is 5.85. The van der Waals surface area contributed by atoms with Gasteiger partial charge in [-0.25, -0.2) is 4.79 Å². The van der Waals surface area contributed by atoms with E-state index in [1.165, 1.54) is 12.1 Å². The van der Waals surface area contributed by atoms with Gasteiger partial charge in [0.05, 0.1) is 5.56 Å². The molecule has 8 heteroatoms. The van der Waals surface area contributed by atoms with Crippen LogP contribution in [0.1, 0.15) is 20.7 Å². The zero-order valence-corrected chi connectivity index (χ0v) is 15.2. The molecule has 2 N–H and O–H groups in total. The summed E-state index contributed by atoms with van der Waals surface area (Å²) in [7, 11) is 0. The Hall–Kier alpha value is -1.40. The van der Waals surface area contributed by atoms with Gasteiger partial charge in [0.15, 0.2) is 0 Å². The Morgan fingerprint density at radius 2 is 1.68 bits per heavy atom. The van der Waals surface area contributed by atoms with Crippen LogP contribution in [0.3, 0.4) is 0 Å². The van der Waals surface area contributed by atoms with E-state index in [4.69, 9.17) is 5.11 Å². The third-order valence-electron chi connectivity index (χ3n) is 2.63. The predicted molar refractivity (Wildman–Crippen MR) is 93.6 cm³/mol. The molecule has 116 valence electrons. The van der Waals surface area contributed by atoms with Crippen molar-refractivity contribution in [1.29, 1.82) is 0 Å². The number of carboxylic acid groups (broad SMARTS) is 1. The van der Waals surface area contributed by atoms with Crippen molar-refractivity contribution >= 4 is 53.8 Å². The summed E-state index contributed by atoms with van der Waals surface area (Å²) in [6.07, 6.45) is 0. The summed E-state index contributed by atoms with van der Waals surface area (Å²) in [5, 5.41) is 8.56. The summed E-state index contributed by atoms with van der Waals surface area (Å²) < 4.78 is 25.7. The number of hydrogen-bond acceptors (Lipinski definition) is 4. The molecule has 2 aromatic carbocycles. The first-order chi connectivity index (χ1) is 10.3. The van der Waals surface area contributed by atoms with E-state index in [1.807, 2.05) is 28.7 Å². The molecule has 1 unspecified atom stereocenters. The molecule has 22 heavy (non-hydrogen) atoms. The Morgan fingerprint density at radius 1 is 1.09 bits per heavy atom. The fourth-order valence-electron chi connectivity index (χ4n) is 1.65. The second-order valence-electron chi connectivity index (χ2n) is 4.07. The maximum absolute atomic E-state index is 11.2. The van der Waals surface area contributed by atoms with E-state index in [0.29, 0.717) is 5.56 Å². The van der Waals surface area contributed by atoms with Crippen molar-refractivity contribution in [3.05, 3.63) is 66.8 Å². The monoisotopic (exact) mass is 528 g/mol. The summed E-state index contributed by atoms with van der Waals surface area (Å²) in [5.74, 6) is -1.57. The zero-order valence-electron chi connectivity index (χ0n) is 10.9. The van der Waals surface area contributed by atoms with Gasteiger partial charge >= 0.3 is 79.0 Å². The fourth-order valence-corrected chi connectivity index (χ4v) is 5.08. The Kier molecular flexibility index (Phi) is 5.24. The number of aromatic carboxylic acids is 1. The van der Waals surface area contributed by atoms with E-state index in [0.717, 1.165) is 3.57 Å². The molecule has 0 saturated heterocycles. The minimum atomic E-state index is -4.54. The Bertz CT molecular complexity index is 786. The zero-order chi connectivity index (χ0) is 16.3. The number of carbonyl (C=O) groups is 2. The third-order valence-corrected chi connectivity index (χ3v) is 6.98. The van der Waals surface area contributed by atoms with Gasteiger partial charge in [0.25, 0.3) is 0 Å². The van der Waals surface area contributed by atoms with Crippen LogP contribution in [0.2, 0.25) is 0 Å². The van der Waals surface area contributed by atoms with E-state index in [2.05, 4.69) is 3.07 Å². The van der Waals surface area contributed by atoms with Crippen molar-refractivity contribution in [2.45, 2.75) is 0 Å². The van der Waals surface area contributed by atoms with Gasteiger partial charge in [-0.15, -0.1) is 0 Å². The SMILES string of the molecule is O=C(O)c1ccccc1I.O=C1OI(=O)(O)c2ccccc21. The topological polar surface area (TPSA) is 101 Å². The summed E-state index contributed by atoms with van der Waals surface area (Å²) in [4.78, 5) is 21.4. The van der Waals surface area contributed by atoms with E-state index in [-0.39, 0.29) is 9.13 Å². The third kappa shape index (κ3) is 3.67. The second-order valence-corrected chi connectivity index (χ2v) is 9.34. The average molecular weight is 528 g/mol.